The van der Waals surface area contributed by atoms with Crippen LogP contribution >= 0.6 is 0 Å². The molecule has 108 valence electrons. The van der Waals surface area contributed by atoms with Gasteiger partial charge in [0.2, 0.25) is 0 Å². The Morgan fingerprint density at radius 1 is 1.10 bits per heavy atom. The fourth-order valence-corrected chi connectivity index (χ4v) is 2.30. The highest BCUT2D eigenvalue weighted by molar-refractivity contribution is 5.96. The van der Waals surface area contributed by atoms with Crippen molar-refractivity contribution in [1.82, 2.24) is 20.2 Å². The molecule has 5 heteroatoms. The number of nitrogens with one attached hydrogen (secondary N) is 1. The highest BCUT2D eigenvalue weighted by Gasteiger charge is 2.14. The molecular weight excluding hydrogens is 264 g/mol. The third-order valence-electron chi connectivity index (χ3n) is 3.47. The van der Waals surface area contributed by atoms with Gasteiger partial charge in [0.25, 0.3) is 0 Å². The van der Waals surface area contributed by atoms with Crippen LogP contribution in [0.15, 0.2) is 24.3 Å². The first-order valence-electron chi connectivity index (χ1n) is 6.97. The number of aromatic nitrogens is 4. The summed E-state index contributed by atoms with van der Waals surface area (Å²) in [5, 5.41) is 8.32. The van der Waals surface area contributed by atoms with Crippen LogP contribution in [0.5, 0.6) is 5.75 Å². The molecule has 0 fully saturated rings. The third-order valence-corrected chi connectivity index (χ3v) is 3.47. The quantitative estimate of drug-likeness (QED) is 0.799. The van der Waals surface area contributed by atoms with E-state index in [1.165, 1.54) is 0 Å². The molecule has 0 bridgehead atoms. The number of nitrogens with zero attached hydrogens (tertiary/aromatic N) is 3. The molecule has 0 aliphatic carbocycles. The Morgan fingerprint density at radius 3 is 2.57 bits per heavy atom. The molecule has 2 heterocycles. The number of aryl methyl sites for hydroxylation is 1. The molecule has 0 saturated carbocycles. The Bertz CT molecular complexity index is 792. The van der Waals surface area contributed by atoms with Crippen LogP contribution in [0, 0.1) is 6.92 Å². The third kappa shape index (κ3) is 2.35. The minimum atomic E-state index is 0.316. The van der Waals surface area contributed by atoms with Gasteiger partial charge in [0.05, 0.1) is 7.11 Å². The van der Waals surface area contributed by atoms with Crippen molar-refractivity contribution in [3.63, 3.8) is 0 Å². The first kappa shape index (κ1) is 13.5. The van der Waals surface area contributed by atoms with Gasteiger partial charge in [-0.25, -0.2) is 9.97 Å². The molecule has 0 spiro atoms. The monoisotopic (exact) mass is 282 g/mol. The molecule has 0 aliphatic rings. The Balaban J connectivity index is 2.23. The zero-order chi connectivity index (χ0) is 15.0. The number of ether oxygens (including phenoxy) is 1. The van der Waals surface area contributed by atoms with E-state index in [0.29, 0.717) is 11.7 Å². The standard InChI is InChI=1S/C16H18N4O/c1-9(2)15-18-16(20-19-15)12-7-8-13(21-4)14-11(12)6-5-10(3)17-14/h5-9H,1-4H3,(H,18,19,20). The molecule has 1 N–H and O–H groups in total. The van der Waals surface area contributed by atoms with Crippen molar-refractivity contribution < 1.29 is 4.74 Å². The van der Waals surface area contributed by atoms with Gasteiger partial charge in [-0.3, -0.25) is 5.10 Å². The predicted octanol–water partition coefficient (Wildman–Crippen LogP) is 3.46. The summed E-state index contributed by atoms with van der Waals surface area (Å²) in [7, 11) is 1.65. The van der Waals surface area contributed by atoms with E-state index < -0.39 is 0 Å². The predicted molar refractivity (Wildman–Crippen MR) is 82.5 cm³/mol. The summed E-state index contributed by atoms with van der Waals surface area (Å²) in [5.74, 6) is 2.65. The smallest absolute Gasteiger partial charge is 0.181 e. The zero-order valence-electron chi connectivity index (χ0n) is 12.6. The lowest BCUT2D eigenvalue weighted by Gasteiger charge is -2.08. The minimum Gasteiger partial charge on any atom is -0.494 e. The summed E-state index contributed by atoms with van der Waals surface area (Å²) >= 11 is 0. The second kappa shape index (κ2) is 5.16. The lowest BCUT2D eigenvalue weighted by molar-refractivity contribution is 0.419. The van der Waals surface area contributed by atoms with Crippen LogP contribution in [0.4, 0.5) is 0 Å². The molecular formula is C16H18N4O. The van der Waals surface area contributed by atoms with Crippen molar-refractivity contribution in [3.8, 4) is 17.1 Å². The number of benzene rings is 1. The molecule has 0 radical (unpaired) electrons. The van der Waals surface area contributed by atoms with Gasteiger partial charge in [0.1, 0.15) is 17.1 Å². The molecule has 3 rings (SSSR count). The lowest BCUT2D eigenvalue weighted by Crippen LogP contribution is -1.93. The van der Waals surface area contributed by atoms with E-state index >= 15 is 0 Å². The van der Waals surface area contributed by atoms with Gasteiger partial charge >= 0.3 is 0 Å². The van der Waals surface area contributed by atoms with E-state index in [0.717, 1.165) is 33.7 Å². The van der Waals surface area contributed by atoms with Crippen LogP contribution in [-0.2, 0) is 0 Å². The van der Waals surface area contributed by atoms with Crippen LogP contribution in [0.1, 0.15) is 31.3 Å². The van der Waals surface area contributed by atoms with Crippen LogP contribution < -0.4 is 4.74 Å². The maximum Gasteiger partial charge on any atom is 0.181 e. The largest absolute Gasteiger partial charge is 0.494 e. The number of hydrogen-bond acceptors (Lipinski definition) is 4. The normalized spacial score (nSPS) is 11.3. The Kier molecular flexibility index (Phi) is 3.33. The average molecular weight is 282 g/mol. The van der Waals surface area contributed by atoms with Crippen molar-refractivity contribution in [1.29, 1.82) is 0 Å². The first-order chi connectivity index (χ1) is 10.1. The second-order valence-corrected chi connectivity index (χ2v) is 5.36. The van der Waals surface area contributed by atoms with Crippen molar-refractivity contribution in [2.24, 2.45) is 0 Å². The average Bonchev–Trinajstić information content (AvgIpc) is 2.95. The van der Waals surface area contributed by atoms with E-state index in [2.05, 4.69) is 34.0 Å². The van der Waals surface area contributed by atoms with Gasteiger partial charge in [-0.05, 0) is 25.1 Å². The minimum absolute atomic E-state index is 0.316. The number of fused-ring (bicyclic) bond motifs is 1. The molecule has 21 heavy (non-hydrogen) atoms. The summed E-state index contributed by atoms with van der Waals surface area (Å²) in [6.45, 7) is 6.14. The van der Waals surface area contributed by atoms with Crippen LogP contribution in [0.2, 0.25) is 0 Å². The highest BCUT2D eigenvalue weighted by atomic mass is 16.5. The van der Waals surface area contributed by atoms with E-state index in [4.69, 9.17) is 4.74 Å². The summed E-state index contributed by atoms with van der Waals surface area (Å²) in [4.78, 5) is 9.16. The van der Waals surface area contributed by atoms with Crippen molar-refractivity contribution >= 4 is 10.9 Å². The van der Waals surface area contributed by atoms with Crippen LogP contribution in [-0.4, -0.2) is 27.3 Å². The summed E-state index contributed by atoms with van der Waals surface area (Å²) in [5.41, 5.74) is 2.75. The molecule has 2 aromatic heterocycles. The summed E-state index contributed by atoms with van der Waals surface area (Å²) < 4.78 is 5.41. The van der Waals surface area contributed by atoms with E-state index in [1.54, 1.807) is 7.11 Å². The molecule has 0 amide bonds. The number of H-pyrrole nitrogens is 1. The first-order valence-corrected chi connectivity index (χ1v) is 6.97. The molecule has 0 atom stereocenters. The van der Waals surface area contributed by atoms with Crippen molar-refractivity contribution in [2.75, 3.05) is 7.11 Å². The summed E-state index contributed by atoms with van der Waals surface area (Å²) in [6.07, 6.45) is 0. The Labute approximate surface area is 123 Å². The van der Waals surface area contributed by atoms with Gasteiger partial charge in [-0.15, -0.1) is 0 Å². The van der Waals surface area contributed by atoms with E-state index in [1.807, 2.05) is 31.2 Å². The number of rotatable bonds is 3. The number of methoxy groups -OCH3 is 1. The molecule has 0 aliphatic heterocycles. The van der Waals surface area contributed by atoms with E-state index in [-0.39, 0.29) is 0 Å². The number of pyridine rings is 1. The Morgan fingerprint density at radius 2 is 1.90 bits per heavy atom. The lowest BCUT2D eigenvalue weighted by atomic mass is 10.1. The van der Waals surface area contributed by atoms with Gasteiger partial charge in [0, 0.05) is 22.6 Å². The molecule has 3 aromatic rings. The number of hydrogen-bond donors (Lipinski definition) is 1. The number of aromatic amines is 1. The Hall–Kier alpha value is -2.43. The van der Waals surface area contributed by atoms with Gasteiger partial charge < -0.3 is 4.74 Å². The fourth-order valence-electron chi connectivity index (χ4n) is 2.30. The zero-order valence-corrected chi connectivity index (χ0v) is 12.6. The highest BCUT2D eigenvalue weighted by Crippen LogP contribution is 2.32. The SMILES string of the molecule is COc1ccc(-c2n[nH]c(C(C)C)n2)c2ccc(C)nc12. The van der Waals surface area contributed by atoms with Gasteiger partial charge in [0.15, 0.2) is 5.82 Å². The second-order valence-electron chi connectivity index (χ2n) is 5.36. The fraction of sp³-hybridized carbons (Fsp3) is 0.312. The molecule has 0 unspecified atom stereocenters. The topological polar surface area (TPSA) is 63.7 Å². The van der Waals surface area contributed by atoms with Gasteiger partial charge in [-0.2, -0.15) is 5.10 Å². The van der Waals surface area contributed by atoms with E-state index in [9.17, 15) is 0 Å². The molecule has 0 saturated heterocycles. The molecule has 1 aromatic carbocycles. The maximum absolute atomic E-state index is 5.41. The van der Waals surface area contributed by atoms with Crippen LogP contribution in [0.3, 0.4) is 0 Å². The summed E-state index contributed by atoms with van der Waals surface area (Å²) in [6, 6.07) is 7.92. The van der Waals surface area contributed by atoms with Crippen molar-refractivity contribution in [3.05, 3.63) is 35.8 Å². The maximum atomic E-state index is 5.41. The van der Waals surface area contributed by atoms with Crippen molar-refractivity contribution in [2.45, 2.75) is 26.7 Å². The van der Waals surface area contributed by atoms with Crippen LogP contribution in [0.25, 0.3) is 22.3 Å². The van der Waals surface area contributed by atoms with Gasteiger partial charge in [-0.1, -0.05) is 19.9 Å². The molecule has 5 nitrogen and oxygen atoms in total.